The number of halogens is 1. The fraction of sp³-hybridized carbons (Fsp3) is 0.206. The Bertz CT molecular complexity index is 1950. The summed E-state index contributed by atoms with van der Waals surface area (Å²) in [5, 5.41) is 5.74. The van der Waals surface area contributed by atoms with E-state index in [1.807, 2.05) is 44.2 Å². The molecule has 0 bridgehead atoms. The molecule has 232 valence electrons. The number of benzene rings is 3. The standard InChI is InChI=1S/C34H34FN5O4S/c1-6-40(45(5,43)44)39-21-28-27(30(33(42)36-4)31(37-28)22-15-17-26(35)18-16-22)20-29(39)23-11-10-12-24(19-23)32(41)38-34(2,3)25-13-8-7-9-14-25/h7-21H,6H2,1-5H3,(H,36,42)(H,38,41). The normalized spacial score (nSPS) is 11.8. The average molecular weight is 628 g/mol. The van der Waals surface area contributed by atoms with Crippen LogP contribution in [0, 0.1) is 5.82 Å². The lowest BCUT2D eigenvalue weighted by atomic mass is 9.93. The van der Waals surface area contributed by atoms with E-state index in [4.69, 9.17) is 4.98 Å². The number of carbonyl (C=O) groups is 2. The maximum atomic E-state index is 13.7. The molecule has 0 atom stereocenters. The number of fused-ring (bicyclic) bond motifs is 1. The maximum absolute atomic E-state index is 13.7. The number of carbonyl (C=O) groups excluding carboxylic acids is 2. The summed E-state index contributed by atoms with van der Waals surface area (Å²) in [6.07, 6.45) is 2.66. The molecule has 0 aromatic heterocycles. The van der Waals surface area contributed by atoms with Crippen molar-refractivity contribution in [2.75, 3.05) is 24.3 Å². The molecule has 11 heteroatoms. The molecule has 0 saturated heterocycles. The van der Waals surface area contributed by atoms with E-state index in [1.165, 1.54) is 40.4 Å². The molecule has 0 aliphatic carbocycles. The highest BCUT2D eigenvalue weighted by Gasteiger charge is 2.29. The van der Waals surface area contributed by atoms with Crippen LogP contribution in [-0.2, 0) is 15.6 Å². The number of hydrogen-bond acceptors (Lipinski definition) is 5. The van der Waals surface area contributed by atoms with Crippen LogP contribution in [0.5, 0.6) is 0 Å². The van der Waals surface area contributed by atoms with E-state index < -0.39 is 27.3 Å². The number of amides is 2. The number of nitrogens with zero attached hydrogens (tertiary/aromatic N) is 3. The number of pyridine rings is 1. The van der Waals surface area contributed by atoms with Gasteiger partial charge >= 0.3 is 0 Å². The second-order valence-corrected chi connectivity index (χ2v) is 13.0. The third-order valence-corrected chi connectivity index (χ3v) is 8.79. The van der Waals surface area contributed by atoms with Crippen LogP contribution in [0.2, 0.25) is 0 Å². The molecular weight excluding hydrogens is 593 g/mol. The molecule has 45 heavy (non-hydrogen) atoms. The summed E-state index contributed by atoms with van der Waals surface area (Å²) in [5.74, 6) is -1.15. The van der Waals surface area contributed by atoms with Crippen LogP contribution in [-0.4, -0.2) is 49.7 Å². The molecule has 0 unspecified atom stereocenters. The van der Waals surface area contributed by atoms with Crippen LogP contribution in [0.3, 0.4) is 0 Å². The second-order valence-electron chi connectivity index (χ2n) is 11.2. The first kappa shape index (κ1) is 31.4. The van der Waals surface area contributed by atoms with E-state index >= 15 is 0 Å². The van der Waals surface area contributed by atoms with Gasteiger partial charge in [0.15, 0.2) is 0 Å². The van der Waals surface area contributed by atoms with Crippen LogP contribution >= 0.6 is 0 Å². The average Bonchev–Trinajstić information content (AvgIpc) is 3.39. The van der Waals surface area contributed by atoms with Gasteiger partial charge in [-0.2, -0.15) is 0 Å². The lowest BCUT2D eigenvalue weighted by Gasteiger charge is -2.28. The van der Waals surface area contributed by atoms with Gasteiger partial charge in [0, 0.05) is 35.8 Å². The summed E-state index contributed by atoms with van der Waals surface area (Å²) in [7, 11) is -2.26. The predicted molar refractivity (Wildman–Crippen MR) is 174 cm³/mol. The van der Waals surface area contributed by atoms with E-state index in [1.54, 1.807) is 43.5 Å². The van der Waals surface area contributed by atoms with Crippen molar-refractivity contribution in [1.82, 2.24) is 20.3 Å². The lowest BCUT2D eigenvalue weighted by Crippen LogP contribution is -2.41. The van der Waals surface area contributed by atoms with Crippen molar-refractivity contribution in [3.8, 4) is 33.8 Å². The van der Waals surface area contributed by atoms with Crippen molar-refractivity contribution in [1.29, 1.82) is 0 Å². The first-order valence-corrected chi connectivity index (χ1v) is 16.2. The Kier molecular flexibility index (Phi) is 8.48. The van der Waals surface area contributed by atoms with Crippen LogP contribution in [0.15, 0.2) is 91.1 Å². The van der Waals surface area contributed by atoms with Crippen LogP contribution in [0.4, 0.5) is 4.39 Å². The Morgan fingerprint density at radius 1 is 0.933 bits per heavy atom. The number of rotatable bonds is 9. The molecule has 0 saturated carbocycles. The summed E-state index contributed by atoms with van der Waals surface area (Å²) in [6.45, 7) is 5.63. The summed E-state index contributed by atoms with van der Waals surface area (Å²) in [5.41, 5.74) is 3.52. The van der Waals surface area contributed by atoms with Gasteiger partial charge in [-0.25, -0.2) is 26.9 Å². The van der Waals surface area contributed by atoms with Crippen molar-refractivity contribution >= 4 is 21.8 Å². The third kappa shape index (κ3) is 6.30. The molecule has 5 rings (SSSR count). The van der Waals surface area contributed by atoms with Gasteiger partial charge in [-0.15, -0.1) is 0 Å². The number of sulfonamides is 1. The molecule has 0 radical (unpaired) electrons. The smallest absolute Gasteiger partial charge is 0.253 e. The molecule has 2 aliphatic rings. The fourth-order valence-corrected chi connectivity index (χ4v) is 6.27. The Hall–Kier alpha value is -5.03. The molecule has 2 aliphatic heterocycles. The summed E-state index contributed by atoms with van der Waals surface area (Å²) >= 11 is 0. The van der Waals surface area contributed by atoms with Gasteiger partial charge in [-0.05, 0) is 68.8 Å². The number of hydrogen-bond donors (Lipinski definition) is 2. The Labute approximate surface area is 262 Å². The SMILES string of the molecule is CCN(n1cc2nc(-c3ccc(F)cc3)c(C(=O)NC)c-2cc1-c1cccc(C(=O)NC(C)(C)c2ccccc2)c1)S(C)(=O)=O. The zero-order valence-electron chi connectivity index (χ0n) is 25.6. The Morgan fingerprint density at radius 3 is 2.24 bits per heavy atom. The summed E-state index contributed by atoms with van der Waals surface area (Å²) < 4.78 is 42.3. The molecule has 2 amide bonds. The van der Waals surface area contributed by atoms with E-state index in [0.717, 1.165) is 11.8 Å². The fourth-order valence-electron chi connectivity index (χ4n) is 5.35. The quantitative estimate of drug-likeness (QED) is 0.227. The van der Waals surface area contributed by atoms with Crippen molar-refractivity contribution in [2.45, 2.75) is 26.3 Å². The molecule has 0 fully saturated rings. The van der Waals surface area contributed by atoms with E-state index in [0.29, 0.717) is 39.3 Å². The topological polar surface area (TPSA) is 113 Å². The molecule has 9 nitrogen and oxygen atoms in total. The molecule has 3 aromatic rings. The second kappa shape index (κ2) is 12.2. The lowest BCUT2D eigenvalue weighted by molar-refractivity contribution is 0.0910. The van der Waals surface area contributed by atoms with Gasteiger partial charge in [-0.3, -0.25) is 9.59 Å². The van der Waals surface area contributed by atoms with Crippen molar-refractivity contribution < 1.29 is 22.4 Å². The van der Waals surface area contributed by atoms with Gasteiger partial charge in [0.2, 0.25) is 10.0 Å². The predicted octanol–water partition coefficient (Wildman–Crippen LogP) is 5.40. The highest BCUT2D eigenvalue weighted by Crippen LogP contribution is 2.38. The highest BCUT2D eigenvalue weighted by molar-refractivity contribution is 7.91. The van der Waals surface area contributed by atoms with E-state index in [2.05, 4.69) is 10.6 Å². The van der Waals surface area contributed by atoms with E-state index in [9.17, 15) is 22.4 Å². The monoisotopic (exact) mass is 627 g/mol. The maximum Gasteiger partial charge on any atom is 0.253 e. The van der Waals surface area contributed by atoms with Gasteiger partial charge < -0.3 is 10.6 Å². The minimum atomic E-state index is -3.76. The van der Waals surface area contributed by atoms with Crippen molar-refractivity contribution in [3.05, 3.63) is 114 Å². The zero-order valence-corrected chi connectivity index (χ0v) is 26.4. The minimum absolute atomic E-state index is 0.0985. The van der Waals surface area contributed by atoms with Crippen LogP contribution in [0.25, 0.3) is 33.8 Å². The molecule has 3 aromatic carbocycles. The highest BCUT2D eigenvalue weighted by atomic mass is 32.2. The first-order chi connectivity index (χ1) is 21.3. The van der Waals surface area contributed by atoms with Gasteiger partial charge in [0.1, 0.15) is 5.82 Å². The van der Waals surface area contributed by atoms with Crippen molar-refractivity contribution in [2.24, 2.45) is 0 Å². The van der Waals surface area contributed by atoms with Crippen LogP contribution in [0.1, 0.15) is 47.1 Å². The Balaban J connectivity index is 1.70. The number of aromatic nitrogens is 2. The minimum Gasteiger partial charge on any atom is -0.355 e. The molecule has 2 N–H and O–H groups in total. The summed E-state index contributed by atoms with van der Waals surface area (Å²) in [6, 6.07) is 23.8. The third-order valence-electron chi connectivity index (χ3n) is 7.59. The zero-order chi connectivity index (χ0) is 32.5. The van der Waals surface area contributed by atoms with Crippen LogP contribution < -0.4 is 15.0 Å². The largest absolute Gasteiger partial charge is 0.355 e. The van der Waals surface area contributed by atoms with Crippen molar-refractivity contribution in [3.63, 3.8) is 0 Å². The summed E-state index contributed by atoms with van der Waals surface area (Å²) in [4.78, 5) is 31.5. The number of nitrogens with one attached hydrogen (secondary N) is 2. The Morgan fingerprint density at radius 2 is 1.62 bits per heavy atom. The van der Waals surface area contributed by atoms with Gasteiger partial charge in [0.25, 0.3) is 11.8 Å². The molecule has 2 heterocycles. The van der Waals surface area contributed by atoms with Gasteiger partial charge in [0.05, 0.1) is 40.6 Å². The molecular formula is C34H34FN5O4S. The van der Waals surface area contributed by atoms with Gasteiger partial charge in [-0.1, -0.05) is 42.5 Å². The molecule has 0 spiro atoms. The first-order valence-electron chi connectivity index (χ1n) is 14.3. The van der Waals surface area contributed by atoms with E-state index in [-0.39, 0.29) is 18.0 Å².